The molecule has 0 N–H and O–H groups in total. The SMILES string of the molecule is CC[S+]([O-])c1cc(OC(C)(C)C)cnc1-c1nc2cc(C(F)(F)F)ncc2n1C. The van der Waals surface area contributed by atoms with E-state index in [4.69, 9.17) is 4.74 Å². The zero-order valence-corrected chi connectivity index (χ0v) is 17.5. The summed E-state index contributed by atoms with van der Waals surface area (Å²) in [5.41, 5.74) is -0.605. The highest BCUT2D eigenvalue weighted by atomic mass is 32.2. The van der Waals surface area contributed by atoms with Gasteiger partial charge in [0.05, 0.1) is 23.4 Å². The molecule has 0 spiro atoms. The molecule has 3 aromatic heterocycles. The monoisotopic (exact) mass is 426 g/mol. The molecule has 0 aliphatic carbocycles. The van der Waals surface area contributed by atoms with Gasteiger partial charge >= 0.3 is 6.18 Å². The first-order valence-electron chi connectivity index (χ1n) is 8.88. The molecule has 1 atom stereocenters. The quantitative estimate of drug-likeness (QED) is 0.580. The Balaban J connectivity index is 2.16. The van der Waals surface area contributed by atoms with E-state index in [2.05, 4.69) is 15.0 Å². The van der Waals surface area contributed by atoms with Crippen molar-refractivity contribution in [3.05, 3.63) is 30.2 Å². The Kier molecular flexibility index (Phi) is 5.52. The minimum Gasteiger partial charge on any atom is -0.611 e. The predicted molar refractivity (Wildman–Crippen MR) is 104 cm³/mol. The van der Waals surface area contributed by atoms with Gasteiger partial charge in [-0.25, -0.2) is 15.0 Å². The molecule has 3 heterocycles. The van der Waals surface area contributed by atoms with Gasteiger partial charge in [0.2, 0.25) is 0 Å². The highest BCUT2D eigenvalue weighted by Crippen LogP contribution is 2.33. The van der Waals surface area contributed by atoms with Gasteiger partial charge in [-0.15, -0.1) is 0 Å². The van der Waals surface area contributed by atoms with E-state index in [0.717, 1.165) is 12.3 Å². The van der Waals surface area contributed by atoms with Gasteiger partial charge in [-0.2, -0.15) is 13.2 Å². The summed E-state index contributed by atoms with van der Waals surface area (Å²) in [4.78, 5) is 12.6. The molecular weight excluding hydrogens is 405 g/mol. The van der Waals surface area contributed by atoms with Crippen molar-refractivity contribution in [2.75, 3.05) is 5.75 Å². The number of halogens is 3. The van der Waals surface area contributed by atoms with Crippen molar-refractivity contribution in [1.29, 1.82) is 0 Å². The number of aromatic nitrogens is 4. The fourth-order valence-corrected chi connectivity index (χ4v) is 3.71. The zero-order chi connectivity index (χ0) is 21.6. The van der Waals surface area contributed by atoms with Crippen LogP contribution in [0.15, 0.2) is 29.4 Å². The van der Waals surface area contributed by atoms with E-state index in [0.29, 0.717) is 33.4 Å². The van der Waals surface area contributed by atoms with E-state index in [-0.39, 0.29) is 5.52 Å². The molecule has 0 saturated heterocycles. The lowest BCUT2D eigenvalue weighted by Gasteiger charge is -2.22. The van der Waals surface area contributed by atoms with E-state index in [1.54, 1.807) is 24.6 Å². The van der Waals surface area contributed by atoms with Gasteiger partial charge in [-0.05, 0) is 44.9 Å². The summed E-state index contributed by atoms with van der Waals surface area (Å²) in [6.45, 7) is 7.42. The Morgan fingerprint density at radius 2 is 1.83 bits per heavy atom. The third kappa shape index (κ3) is 4.48. The van der Waals surface area contributed by atoms with Gasteiger partial charge in [-0.3, -0.25) is 0 Å². The van der Waals surface area contributed by atoms with Crippen LogP contribution in [0.4, 0.5) is 13.2 Å². The van der Waals surface area contributed by atoms with Crippen LogP contribution >= 0.6 is 0 Å². The smallest absolute Gasteiger partial charge is 0.433 e. The number of pyridine rings is 2. The summed E-state index contributed by atoms with van der Waals surface area (Å²) in [6.07, 6.45) is -1.94. The maximum Gasteiger partial charge on any atom is 0.433 e. The molecule has 156 valence electrons. The van der Waals surface area contributed by atoms with Crippen LogP contribution in [0.5, 0.6) is 5.75 Å². The van der Waals surface area contributed by atoms with Gasteiger partial charge in [0, 0.05) is 13.1 Å². The van der Waals surface area contributed by atoms with Gasteiger partial charge in [0.25, 0.3) is 0 Å². The van der Waals surface area contributed by atoms with E-state index in [9.17, 15) is 17.7 Å². The Morgan fingerprint density at radius 1 is 1.14 bits per heavy atom. The summed E-state index contributed by atoms with van der Waals surface area (Å²) in [5, 5.41) is 0. The number of imidazole rings is 1. The van der Waals surface area contributed by atoms with Crippen molar-refractivity contribution in [2.45, 2.75) is 44.4 Å². The molecule has 3 rings (SSSR count). The summed E-state index contributed by atoms with van der Waals surface area (Å²) in [7, 11) is 1.65. The molecule has 0 aliphatic rings. The number of hydrogen-bond donors (Lipinski definition) is 0. The molecule has 0 amide bonds. The van der Waals surface area contributed by atoms with Crippen LogP contribution in [0.2, 0.25) is 0 Å². The molecule has 0 bridgehead atoms. The second-order valence-electron chi connectivity index (χ2n) is 7.42. The minimum atomic E-state index is -4.56. The second-order valence-corrected chi connectivity index (χ2v) is 9.13. The molecule has 10 heteroatoms. The lowest BCUT2D eigenvalue weighted by atomic mass is 10.2. The van der Waals surface area contributed by atoms with E-state index < -0.39 is 28.6 Å². The standard InChI is InChI=1S/C19H21F3N4O2S/c1-6-29(27)14-7-11(28-18(2,3)4)9-24-16(14)17-25-12-8-15(19(20,21)22)23-10-13(12)26(17)5/h7-10H,6H2,1-5H3. The number of ether oxygens (including phenoxy) is 1. The van der Waals surface area contributed by atoms with E-state index >= 15 is 0 Å². The number of alkyl halides is 3. The second kappa shape index (κ2) is 7.49. The Bertz CT molecular complexity index is 1040. The fourth-order valence-electron chi connectivity index (χ4n) is 2.79. The van der Waals surface area contributed by atoms with Crippen LogP contribution in [0.25, 0.3) is 22.6 Å². The van der Waals surface area contributed by atoms with Crippen LogP contribution in [0.1, 0.15) is 33.4 Å². The molecule has 1 unspecified atom stereocenters. The Morgan fingerprint density at radius 3 is 2.41 bits per heavy atom. The minimum absolute atomic E-state index is 0.134. The molecule has 0 aromatic carbocycles. The maximum atomic E-state index is 13.0. The van der Waals surface area contributed by atoms with Crippen molar-refractivity contribution in [3.8, 4) is 17.3 Å². The van der Waals surface area contributed by atoms with Crippen LogP contribution in [0, 0.1) is 0 Å². The highest BCUT2D eigenvalue weighted by Gasteiger charge is 2.33. The first-order valence-corrected chi connectivity index (χ1v) is 10.2. The fraction of sp³-hybridized carbons (Fsp3) is 0.421. The maximum absolute atomic E-state index is 13.0. The summed E-state index contributed by atoms with van der Waals surface area (Å²) >= 11 is -1.38. The molecule has 0 aliphatic heterocycles. The molecular formula is C19H21F3N4O2S. The van der Waals surface area contributed by atoms with Crippen molar-refractivity contribution >= 4 is 22.2 Å². The van der Waals surface area contributed by atoms with Gasteiger partial charge in [0.1, 0.15) is 22.8 Å². The summed E-state index contributed by atoms with van der Waals surface area (Å²) in [5.74, 6) is 1.11. The van der Waals surface area contributed by atoms with Crippen LogP contribution in [-0.4, -0.2) is 35.4 Å². The molecule has 0 saturated carbocycles. The van der Waals surface area contributed by atoms with Gasteiger partial charge in [0.15, 0.2) is 16.4 Å². The van der Waals surface area contributed by atoms with Crippen molar-refractivity contribution in [2.24, 2.45) is 7.05 Å². The number of aryl methyl sites for hydroxylation is 1. The van der Waals surface area contributed by atoms with Gasteiger partial charge < -0.3 is 13.9 Å². The number of hydrogen-bond acceptors (Lipinski definition) is 5. The molecule has 0 radical (unpaired) electrons. The Labute approximate surface area is 169 Å². The first kappa shape index (κ1) is 21.4. The van der Waals surface area contributed by atoms with Crippen molar-refractivity contribution in [1.82, 2.24) is 19.5 Å². The Hall–Kier alpha value is -2.33. The predicted octanol–water partition coefficient (Wildman–Crippen LogP) is 4.35. The average Bonchev–Trinajstić information content (AvgIpc) is 2.95. The molecule has 3 aromatic rings. The molecule has 0 fully saturated rings. The number of fused-ring (bicyclic) bond motifs is 1. The van der Waals surface area contributed by atoms with E-state index in [1.807, 2.05) is 20.8 Å². The largest absolute Gasteiger partial charge is 0.611 e. The average molecular weight is 426 g/mol. The van der Waals surface area contributed by atoms with Gasteiger partial charge in [-0.1, -0.05) is 0 Å². The van der Waals surface area contributed by atoms with E-state index in [1.165, 1.54) is 6.20 Å². The lowest BCUT2D eigenvalue weighted by Crippen LogP contribution is -2.23. The summed E-state index contributed by atoms with van der Waals surface area (Å²) in [6, 6.07) is 2.54. The first-order chi connectivity index (χ1) is 13.4. The lowest BCUT2D eigenvalue weighted by molar-refractivity contribution is -0.141. The topological polar surface area (TPSA) is 75.9 Å². The third-order valence-corrected chi connectivity index (χ3v) is 5.35. The molecule has 6 nitrogen and oxygen atoms in total. The molecule has 29 heavy (non-hydrogen) atoms. The van der Waals surface area contributed by atoms with Crippen molar-refractivity contribution in [3.63, 3.8) is 0 Å². The third-order valence-electron chi connectivity index (χ3n) is 4.03. The van der Waals surface area contributed by atoms with Crippen LogP contribution in [-0.2, 0) is 24.4 Å². The number of nitrogens with zero attached hydrogens (tertiary/aromatic N) is 4. The van der Waals surface area contributed by atoms with Crippen molar-refractivity contribution < 1.29 is 22.5 Å². The highest BCUT2D eigenvalue weighted by molar-refractivity contribution is 7.91. The zero-order valence-electron chi connectivity index (χ0n) is 16.7. The normalized spacial score (nSPS) is 13.7. The number of rotatable bonds is 4. The van der Waals surface area contributed by atoms with Crippen LogP contribution in [0.3, 0.4) is 0 Å². The van der Waals surface area contributed by atoms with Crippen LogP contribution < -0.4 is 4.74 Å². The summed E-state index contributed by atoms with van der Waals surface area (Å²) < 4.78 is 59.0.